The number of benzene rings is 2. The number of ether oxygens (including phenoxy) is 1. The topological polar surface area (TPSA) is 81.4 Å². The van der Waals surface area contributed by atoms with Gasteiger partial charge in [0, 0.05) is 5.56 Å². The number of halogens is 2. The molecular weight excluding hydrogens is 395 g/mol. The van der Waals surface area contributed by atoms with E-state index in [2.05, 4.69) is 9.88 Å². The molecule has 0 saturated carbocycles. The molecule has 3 rings (SSSR count). The van der Waals surface area contributed by atoms with Crippen LogP contribution in [0.15, 0.2) is 45.8 Å². The first-order valence-corrected chi connectivity index (χ1v) is 9.68. The molecule has 2 aromatic carbocycles. The molecule has 0 saturated heterocycles. The van der Waals surface area contributed by atoms with Crippen LogP contribution in [0.4, 0.5) is 10.1 Å². The van der Waals surface area contributed by atoms with Gasteiger partial charge >= 0.3 is 0 Å². The molecule has 0 spiro atoms. The van der Waals surface area contributed by atoms with Gasteiger partial charge in [-0.1, -0.05) is 22.8 Å². The van der Waals surface area contributed by atoms with Gasteiger partial charge in [-0.05, 0) is 49.7 Å². The highest BCUT2D eigenvalue weighted by molar-refractivity contribution is 7.92. The molecule has 0 radical (unpaired) electrons. The summed E-state index contributed by atoms with van der Waals surface area (Å²) in [7, 11) is -2.69. The zero-order chi connectivity index (χ0) is 19.8. The van der Waals surface area contributed by atoms with E-state index in [-0.39, 0.29) is 21.4 Å². The summed E-state index contributed by atoms with van der Waals surface area (Å²) in [6.45, 7) is 3.51. The normalized spacial score (nSPS) is 11.4. The number of aryl methyl sites for hydroxylation is 2. The smallest absolute Gasteiger partial charge is 0.265 e. The van der Waals surface area contributed by atoms with Gasteiger partial charge in [-0.15, -0.1) is 0 Å². The lowest BCUT2D eigenvalue weighted by atomic mass is 10.0. The van der Waals surface area contributed by atoms with E-state index in [4.69, 9.17) is 20.9 Å². The van der Waals surface area contributed by atoms with Gasteiger partial charge < -0.3 is 9.26 Å². The Hall–Kier alpha value is -2.58. The van der Waals surface area contributed by atoms with E-state index < -0.39 is 15.8 Å². The summed E-state index contributed by atoms with van der Waals surface area (Å²) in [5.74, 6) is 0.146. The molecule has 9 heteroatoms. The maximum absolute atomic E-state index is 13.2. The largest absolute Gasteiger partial charge is 0.495 e. The fraction of sp³-hybridized carbons (Fsp3) is 0.167. The van der Waals surface area contributed by atoms with Gasteiger partial charge in [0.05, 0.1) is 23.5 Å². The quantitative estimate of drug-likeness (QED) is 0.666. The molecule has 1 heterocycles. The summed E-state index contributed by atoms with van der Waals surface area (Å²) in [5, 5.41) is 3.83. The van der Waals surface area contributed by atoms with Crippen molar-refractivity contribution < 1.29 is 22.1 Å². The lowest BCUT2D eigenvalue weighted by Crippen LogP contribution is -2.14. The number of methoxy groups -OCH3 is 1. The molecule has 0 bridgehead atoms. The van der Waals surface area contributed by atoms with Gasteiger partial charge in [0.1, 0.15) is 22.2 Å². The summed E-state index contributed by atoms with van der Waals surface area (Å²) in [4.78, 5) is -0.0945. The molecule has 27 heavy (non-hydrogen) atoms. The number of hydrogen-bond donors (Lipinski definition) is 1. The van der Waals surface area contributed by atoms with E-state index in [0.717, 1.165) is 12.1 Å². The Labute approximate surface area is 160 Å². The first kappa shape index (κ1) is 19.2. The first-order valence-electron chi connectivity index (χ1n) is 7.82. The molecule has 0 fully saturated rings. The third-order valence-corrected chi connectivity index (χ3v) is 5.65. The van der Waals surface area contributed by atoms with Crippen LogP contribution in [-0.4, -0.2) is 20.7 Å². The molecule has 6 nitrogen and oxygen atoms in total. The van der Waals surface area contributed by atoms with Crippen molar-refractivity contribution in [3.05, 3.63) is 58.7 Å². The minimum absolute atomic E-state index is 0.0561. The Morgan fingerprint density at radius 1 is 1.19 bits per heavy atom. The molecular formula is C18H16ClFN2O4S. The number of anilines is 1. The maximum atomic E-state index is 13.2. The molecule has 142 valence electrons. The van der Waals surface area contributed by atoms with E-state index in [1.807, 2.05) is 0 Å². The van der Waals surface area contributed by atoms with Crippen LogP contribution in [0.25, 0.3) is 11.1 Å². The highest BCUT2D eigenvalue weighted by Gasteiger charge is 2.23. The van der Waals surface area contributed by atoms with Crippen LogP contribution in [-0.2, 0) is 10.0 Å². The molecule has 0 atom stereocenters. The van der Waals surface area contributed by atoms with Gasteiger partial charge in [0.2, 0.25) is 0 Å². The second-order valence-corrected chi connectivity index (χ2v) is 7.85. The molecule has 0 amide bonds. The molecule has 3 aromatic rings. The lowest BCUT2D eigenvalue weighted by Gasteiger charge is -2.14. The van der Waals surface area contributed by atoms with Crippen LogP contribution in [0.1, 0.15) is 11.5 Å². The third-order valence-electron chi connectivity index (χ3n) is 3.95. The average Bonchev–Trinajstić information content (AvgIpc) is 2.95. The van der Waals surface area contributed by atoms with E-state index in [1.165, 1.54) is 19.2 Å². The van der Waals surface area contributed by atoms with Crippen molar-refractivity contribution in [1.29, 1.82) is 0 Å². The van der Waals surface area contributed by atoms with E-state index in [0.29, 0.717) is 22.6 Å². The molecule has 1 aromatic heterocycles. The third kappa shape index (κ3) is 3.77. The second-order valence-electron chi connectivity index (χ2n) is 5.79. The number of hydrogen-bond acceptors (Lipinski definition) is 5. The van der Waals surface area contributed by atoms with E-state index >= 15 is 0 Å². The molecule has 0 aliphatic carbocycles. The minimum atomic E-state index is -4.06. The zero-order valence-electron chi connectivity index (χ0n) is 14.7. The van der Waals surface area contributed by atoms with Crippen LogP contribution in [0.3, 0.4) is 0 Å². The van der Waals surface area contributed by atoms with Crippen molar-refractivity contribution in [2.24, 2.45) is 0 Å². The van der Waals surface area contributed by atoms with Crippen molar-refractivity contribution in [2.45, 2.75) is 18.7 Å². The fourth-order valence-corrected chi connectivity index (χ4v) is 4.26. The summed E-state index contributed by atoms with van der Waals surface area (Å²) in [6.07, 6.45) is 0. The zero-order valence-corrected chi connectivity index (χ0v) is 16.3. The number of nitrogens with zero attached hydrogens (tertiary/aromatic N) is 1. The number of aromatic nitrogens is 1. The van der Waals surface area contributed by atoms with Crippen molar-refractivity contribution in [1.82, 2.24) is 5.16 Å². The van der Waals surface area contributed by atoms with Crippen molar-refractivity contribution >= 4 is 27.3 Å². The summed E-state index contributed by atoms with van der Waals surface area (Å²) >= 11 is 5.93. The van der Waals surface area contributed by atoms with Gasteiger partial charge in [-0.3, -0.25) is 4.72 Å². The average molecular weight is 411 g/mol. The predicted octanol–water partition coefficient (Wildman–Crippen LogP) is 4.56. The van der Waals surface area contributed by atoms with E-state index in [9.17, 15) is 12.8 Å². The number of rotatable bonds is 5. The standard InChI is InChI=1S/C18H16ClFN2O4S/c1-10-18(11(2)26-21-10)12-4-7-16(25-3)17(8-12)27(23,24)22-15-6-5-13(20)9-14(15)19/h4-9,22H,1-3H3. The predicted molar refractivity (Wildman–Crippen MR) is 100 cm³/mol. The Morgan fingerprint density at radius 2 is 1.93 bits per heavy atom. The first-order chi connectivity index (χ1) is 12.7. The summed E-state index contributed by atoms with van der Waals surface area (Å²) < 4.78 is 51.8. The number of sulfonamides is 1. The van der Waals surface area contributed by atoms with Crippen LogP contribution in [0.5, 0.6) is 5.75 Å². The summed E-state index contributed by atoms with van der Waals surface area (Å²) in [6, 6.07) is 8.11. The molecule has 0 aliphatic rings. The Kier molecular flexibility index (Phi) is 5.12. The van der Waals surface area contributed by atoms with Gasteiger partial charge in [0.15, 0.2) is 0 Å². The summed E-state index contributed by atoms with van der Waals surface area (Å²) in [5.41, 5.74) is 2.00. The monoisotopic (exact) mass is 410 g/mol. The Morgan fingerprint density at radius 3 is 2.52 bits per heavy atom. The van der Waals surface area contributed by atoms with E-state index in [1.54, 1.807) is 26.0 Å². The molecule has 0 aliphatic heterocycles. The SMILES string of the molecule is COc1ccc(-c2c(C)noc2C)cc1S(=O)(=O)Nc1ccc(F)cc1Cl. The maximum Gasteiger partial charge on any atom is 0.265 e. The van der Waals surface area contributed by atoms with Crippen LogP contribution in [0.2, 0.25) is 5.02 Å². The molecule has 0 unspecified atom stereocenters. The second kappa shape index (κ2) is 7.21. The van der Waals surface area contributed by atoms with Gasteiger partial charge in [0.25, 0.3) is 10.0 Å². The van der Waals surface area contributed by atoms with Gasteiger partial charge in [-0.25, -0.2) is 12.8 Å². The highest BCUT2D eigenvalue weighted by Crippen LogP contribution is 2.34. The Balaban J connectivity index is 2.09. The number of nitrogens with one attached hydrogen (secondary N) is 1. The minimum Gasteiger partial charge on any atom is -0.495 e. The lowest BCUT2D eigenvalue weighted by molar-refractivity contribution is 0.393. The van der Waals surface area contributed by atoms with Crippen molar-refractivity contribution in [2.75, 3.05) is 11.8 Å². The van der Waals surface area contributed by atoms with Crippen LogP contribution in [0, 0.1) is 19.7 Å². The van der Waals surface area contributed by atoms with Crippen molar-refractivity contribution in [3.63, 3.8) is 0 Å². The Bertz CT molecular complexity index is 1090. The van der Waals surface area contributed by atoms with Crippen LogP contribution >= 0.6 is 11.6 Å². The van der Waals surface area contributed by atoms with Gasteiger partial charge in [-0.2, -0.15) is 0 Å². The van der Waals surface area contributed by atoms with Crippen LogP contribution < -0.4 is 9.46 Å². The molecule has 1 N–H and O–H groups in total. The van der Waals surface area contributed by atoms with Crippen molar-refractivity contribution in [3.8, 4) is 16.9 Å². The highest BCUT2D eigenvalue weighted by atomic mass is 35.5. The fourth-order valence-electron chi connectivity index (χ4n) is 2.71.